The van der Waals surface area contributed by atoms with Gasteiger partial charge in [0, 0.05) is 12.6 Å². The second-order valence-electron chi connectivity index (χ2n) is 4.30. The minimum atomic E-state index is -0.394. The summed E-state index contributed by atoms with van der Waals surface area (Å²) >= 11 is 0. The maximum Gasteiger partial charge on any atom is 0.421 e. The fourth-order valence-corrected chi connectivity index (χ4v) is 1.41. The van der Waals surface area contributed by atoms with Crippen LogP contribution in [0.5, 0.6) is 0 Å². The maximum absolute atomic E-state index is 11.2. The van der Waals surface area contributed by atoms with Crippen molar-refractivity contribution in [3.63, 3.8) is 0 Å². The van der Waals surface area contributed by atoms with E-state index in [1.54, 1.807) is 0 Å². The number of piperidine rings is 1. The average Bonchev–Trinajstić information content (AvgIpc) is 2.25. The predicted octanol–water partition coefficient (Wildman–Crippen LogP) is 0.625. The fourth-order valence-electron chi connectivity index (χ4n) is 1.41. The van der Waals surface area contributed by atoms with Crippen molar-refractivity contribution in [1.82, 2.24) is 16.2 Å². The van der Waals surface area contributed by atoms with E-state index < -0.39 is 6.09 Å². The van der Waals surface area contributed by atoms with Crippen LogP contribution in [0.4, 0.5) is 4.79 Å². The minimum Gasteiger partial charge on any atom is -0.448 e. The fraction of sp³-hybridized carbons (Fsp3) is 0.900. The number of hydrogen-bond acceptors (Lipinski definition) is 4. The van der Waals surface area contributed by atoms with Crippen molar-refractivity contribution in [3.8, 4) is 0 Å². The molecule has 0 aromatic rings. The third-order valence-electron chi connectivity index (χ3n) is 2.22. The molecule has 0 bridgehead atoms. The average molecular weight is 215 g/mol. The van der Waals surface area contributed by atoms with Crippen LogP contribution in [0, 0.1) is 5.92 Å². The molecule has 1 amide bonds. The number of carbonyl (C=O) groups excluding carboxylic acids is 1. The van der Waals surface area contributed by atoms with Crippen molar-refractivity contribution in [2.24, 2.45) is 5.92 Å². The van der Waals surface area contributed by atoms with Gasteiger partial charge in [0.1, 0.15) is 0 Å². The van der Waals surface area contributed by atoms with Crippen LogP contribution in [0.25, 0.3) is 0 Å². The SMILES string of the molecule is CC(C)COC(=O)NNC1CCCNC1. The molecule has 0 aliphatic carbocycles. The molecule has 5 heteroatoms. The van der Waals surface area contributed by atoms with E-state index >= 15 is 0 Å². The van der Waals surface area contributed by atoms with E-state index in [9.17, 15) is 4.79 Å². The molecule has 1 aliphatic rings. The van der Waals surface area contributed by atoms with Crippen molar-refractivity contribution >= 4 is 6.09 Å². The van der Waals surface area contributed by atoms with E-state index in [0.29, 0.717) is 18.6 Å². The zero-order valence-corrected chi connectivity index (χ0v) is 9.51. The summed E-state index contributed by atoms with van der Waals surface area (Å²) in [7, 11) is 0. The molecule has 88 valence electrons. The Morgan fingerprint density at radius 3 is 3.00 bits per heavy atom. The first-order chi connectivity index (χ1) is 7.18. The summed E-state index contributed by atoms with van der Waals surface area (Å²) in [5.41, 5.74) is 5.51. The molecule has 1 fully saturated rings. The number of rotatable bonds is 4. The summed E-state index contributed by atoms with van der Waals surface area (Å²) in [6.45, 7) is 6.42. The number of ether oxygens (including phenoxy) is 1. The highest BCUT2D eigenvalue weighted by Gasteiger charge is 2.13. The molecule has 1 unspecified atom stereocenters. The molecule has 0 saturated carbocycles. The Bertz CT molecular complexity index is 191. The first-order valence-corrected chi connectivity index (χ1v) is 5.57. The molecule has 0 radical (unpaired) electrons. The lowest BCUT2D eigenvalue weighted by atomic mass is 10.1. The molecule has 15 heavy (non-hydrogen) atoms. The Morgan fingerprint density at radius 1 is 1.60 bits per heavy atom. The third-order valence-corrected chi connectivity index (χ3v) is 2.22. The molecular formula is C10H21N3O2. The Labute approximate surface area is 90.9 Å². The maximum atomic E-state index is 11.2. The van der Waals surface area contributed by atoms with E-state index in [0.717, 1.165) is 25.9 Å². The molecule has 3 N–H and O–H groups in total. The van der Waals surface area contributed by atoms with E-state index in [1.807, 2.05) is 13.8 Å². The monoisotopic (exact) mass is 215 g/mol. The van der Waals surface area contributed by atoms with Crippen molar-refractivity contribution in [2.75, 3.05) is 19.7 Å². The third kappa shape index (κ3) is 5.59. The smallest absolute Gasteiger partial charge is 0.421 e. The predicted molar refractivity (Wildman–Crippen MR) is 58.3 cm³/mol. The largest absolute Gasteiger partial charge is 0.448 e. The number of hydrogen-bond donors (Lipinski definition) is 3. The van der Waals surface area contributed by atoms with Gasteiger partial charge in [-0.05, 0) is 25.3 Å². The van der Waals surface area contributed by atoms with Crippen LogP contribution in [0.15, 0.2) is 0 Å². The lowest BCUT2D eigenvalue weighted by Gasteiger charge is -2.23. The molecule has 0 aromatic heterocycles. The van der Waals surface area contributed by atoms with Crippen LogP contribution in [-0.4, -0.2) is 31.8 Å². The normalized spacial score (nSPS) is 21.4. The summed E-state index contributed by atoms with van der Waals surface area (Å²) in [6.07, 6.45) is 1.83. The van der Waals surface area contributed by atoms with E-state index in [-0.39, 0.29) is 0 Å². The molecule has 1 rings (SSSR count). The van der Waals surface area contributed by atoms with Gasteiger partial charge < -0.3 is 10.1 Å². The quantitative estimate of drug-likeness (QED) is 0.602. The number of hydrazine groups is 1. The van der Waals surface area contributed by atoms with E-state index in [4.69, 9.17) is 4.74 Å². The Hall–Kier alpha value is -0.810. The molecule has 1 saturated heterocycles. The topological polar surface area (TPSA) is 62.4 Å². The number of carbonyl (C=O) groups is 1. The van der Waals surface area contributed by atoms with Gasteiger partial charge in [0.25, 0.3) is 0 Å². The summed E-state index contributed by atoms with van der Waals surface area (Å²) in [6, 6.07) is 0.311. The van der Waals surface area contributed by atoms with Crippen molar-refractivity contribution in [1.29, 1.82) is 0 Å². The Morgan fingerprint density at radius 2 is 2.40 bits per heavy atom. The minimum absolute atomic E-state index is 0.311. The lowest BCUT2D eigenvalue weighted by molar-refractivity contribution is 0.125. The van der Waals surface area contributed by atoms with Gasteiger partial charge >= 0.3 is 6.09 Å². The van der Waals surface area contributed by atoms with E-state index in [1.165, 1.54) is 0 Å². The standard InChI is InChI=1S/C10H21N3O2/c1-8(2)7-15-10(14)13-12-9-4-3-5-11-6-9/h8-9,11-12H,3-7H2,1-2H3,(H,13,14). The summed E-state index contributed by atoms with van der Waals surface area (Å²) < 4.78 is 4.96. The van der Waals surface area contributed by atoms with Gasteiger partial charge in [-0.1, -0.05) is 13.8 Å². The Balaban J connectivity index is 2.05. The molecular weight excluding hydrogens is 194 g/mol. The number of nitrogens with one attached hydrogen (secondary N) is 3. The second kappa shape index (κ2) is 6.63. The van der Waals surface area contributed by atoms with Gasteiger partial charge in [-0.25, -0.2) is 10.2 Å². The molecule has 1 aliphatic heterocycles. The second-order valence-corrected chi connectivity index (χ2v) is 4.30. The highest BCUT2D eigenvalue weighted by molar-refractivity contribution is 5.66. The van der Waals surface area contributed by atoms with Crippen molar-refractivity contribution in [2.45, 2.75) is 32.7 Å². The summed E-state index contributed by atoms with van der Waals surface area (Å²) in [5, 5.41) is 3.25. The Kier molecular flexibility index (Phi) is 5.42. The van der Waals surface area contributed by atoms with Gasteiger partial charge in [-0.2, -0.15) is 0 Å². The highest BCUT2D eigenvalue weighted by atomic mass is 16.6. The van der Waals surface area contributed by atoms with Crippen LogP contribution in [0.1, 0.15) is 26.7 Å². The van der Waals surface area contributed by atoms with Crippen LogP contribution >= 0.6 is 0 Å². The van der Waals surface area contributed by atoms with Crippen LogP contribution in [0.3, 0.4) is 0 Å². The highest BCUT2D eigenvalue weighted by Crippen LogP contribution is 1.99. The van der Waals surface area contributed by atoms with Gasteiger partial charge in [-0.15, -0.1) is 0 Å². The van der Waals surface area contributed by atoms with Crippen LogP contribution in [0.2, 0.25) is 0 Å². The molecule has 1 atom stereocenters. The first kappa shape index (κ1) is 12.3. The lowest BCUT2D eigenvalue weighted by Crippen LogP contribution is -2.51. The van der Waals surface area contributed by atoms with Gasteiger partial charge in [0.05, 0.1) is 6.61 Å². The summed E-state index contributed by atoms with van der Waals surface area (Å²) in [5.74, 6) is 0.368. The van der Waals surface area contributed by atoms with Crippen LogP contribution in [-0.2, 0) is 4.74 Å². The molecule has 0 aromatic carbocycles. The number of amides is 1. The van der Waals surface area contributed by atoms with Crippen molar-refractivity contribution < 1.29 is 9.53 Å². The van der Waals surface area contributed by atoms with Crippen molar-refractivity contribution in [3.05, 3.63) is 0 Å². The van der Waals surface area contributed by atoms with Gasteiger partial charge in [-0.3, -0.25) is 5.43 Å². The zero-order valence-electron chi connectivity index (χ0n) is 9.51. The van der Waals surface area contributed by atoms with E-state index in [2.05, 4.69) is 16.2 Å². The van der Waals surface area contributed by atoms with Crippen LogP contribution < -0.4 is 16.2 Å². The zero-order chi connectivity index (χ0) is 11.1. The van der Waals surface area contributed by atoms with Gasteiger partial charge in [0.15, 0.2) is 0 Å². The van der Waals surface area contributed by atoms with Gasteiger partial charge in [0.2, 0.25) is 0 Å². The molecule has 0 spiro atoms. The first-order valence-electron chi connectivity index (χ1n) is 5.57. The summed E-state index contributed by atoms with van der Waals surface area (Å²) in [4.78, 5) is 11.2. The molecule has 5 nitrogen and oxygen atoms in total. The molecule has 1 heterocycles.